The lowest BCUT2D eigenvalue weighted by Gasteiger charge is -2.30. The normalized spacial score (nSPS) is 33.8. The van der Waals surface area contributed by atoms with Gasteiger partial charge in [0.2, 0.25) is 0 Å². The van der Waals surface area contributed by atoms with E-state index in [4.69, 9.17) is 9.57 Å². The minimum absolute atomic E-state index is 0.0468. The van der Waals surface area contributed by atoms with Gasteiger partial charge in [-0.2, -0.15) is 0 Å². The van der Waals surface area contributed by atoms with E-state index in [1.807, 2.05) is 0 Å². The Balaban J connectivity index is 1.48. The summed E-state index contributed by atoms with van der Waals surface area (Å²) in [6.45, 7) is 9.22. The number of carbonyl (C=O) groups excluding carboxylic acids is 1. The molecule has 1 heterocycles. The largest absolute Gasteiger partial charge is 0.466 e. The molecule has 0 radical (unpaired) electrons. The van der Waals surface area contributed by atoms with E-state index in [0.29, 0.717) is 54.6 Å². The smallest absolute Gasteiger partial charge is 0.306 e. The van der Waals surface area contributed by atoms with Crippen LogP contribution >= 0.6 is 0 Å². The van der Waals surface area contributed by atoms with E-state index in [-0.39, 0.29) is 5.97 Å². The molecule has 0 amide bonds. The van der Waals surface area contributed by atoms with Gasteiger partial charge in [0.05, 0.1) is 12.3 Å². The van der Waals surface area contributed by atoms with Crippen molar-refractivity contribution in [3.05, 3.63) is 0 Å². The summed E-state index contributed by atoms with van der Waals surface area (Å²) >= 11 is 0. The highest BCUT2D eigenvalue weighted by Gasteiger charge is 2.57. The van der Waals surface area contributed by atoms with Crippen molar-refractivity contribution in [2.75, 3.05) is 6.61 Å². The van der Waals surface area contributed by atoms with Crippen LogP contribution in [-0.2, 0) is 14.4 Å². The van der Waals surface area contributed by atoms with Crippen LogP contribution in [0.1, 0.15) is 66.2 Å². The van der Waals surface area contributed by atoms with Crippen LogP contribution in [0.3, 0.4) is 0 Å². The molecule has 2 saturated carbocycles. The van der Waals surface area contributed by atoms with Gasteiger partial charge in [-0.1, -0.05) is 32.9 Å². The molecule has 3 rings (SSSR count). The number of hydrogen-bond donors (Lipinski definition) is 0. The highest BCUT2D eigenvalue weighted by Crippen LogP contribution is 2.56. The molecule has 2 fully saturated rings. The molecular formula is C20H33NO3. The van der Waals surface area contributed by atoms with E-state index >= 15 is 0 Å². The lowest BCUT2D eigenvalue weighted by Crippen LogP contribution is -2.34. The van der Waals surface area contributed by atoms with Crippen molar-refractivity contribution in [1.29, 1.82) is 0 Å². The van der Waals surface area contributed by atoms with E-state index in [2.05, 4.69) is 32.9 Å². The van der Waals surface area contributed by atoms with Crippen LogP contribution in [0.15, 0.2) is 5.16 Å². The van der Waals surface area contributed by atoms with Crippen LogP contribution in [0.5, 0.6) is 0 Å². The fourth-order valence-corrected chi connectivity index (χ4v) is 4.92. The standard InChI is InChI=1S/C20H33NO3/c1-12(2)5-6-17-19-16-11-15(20(19)24-21-17)10-14(16)7-8-23-18(22)9-13(3)4/h12-16,19-20H,5-11H2,1-4H3. The van der Waals surface area contributed by atoms with Crippen LogP contribution < -0.4 is 0 Å². The molecule has 136 valence electrons. The molecule has 1 aliphatic heterocycles. The van der Waals surface area contributed by atoms with Crippen LogP contribution in [0.25, 0.3) is 0 Å². The van der Waals surface area contributed by atoms with Gasteiger partial charge < -0.3 is 9.57 Å². The van der Waals surface area contributed by atoms with Gasteiger partial charge >= 0.3 is 5.97 Å². The highest BCUT2D eigenvalue weighted by atomic mass is 16.6. The van der Waals surface area contributed by atoms with Gasteiger partial charge in [-0.3, -0.25) is 4.79 Å². The van der Waals surface area contributed by atoms with Crippen molar-refractivity contribution in [1.82, 2.24) is 0 Å². The average molecular weight is 335 g/mol. The molecule has 0 aromatic rings. The molecule has 0 N–H and O–H groups in total. The quantitative estimate of drug-likeness (QED) is 0.617. The lowest BCUT2D eigenvalue weighted by atomic mass is 9.74. The second-order valence-corrected chi connectivity index (χ2v) is 8.87. The first-order valence-electron chi connectivity index (χ1n) is 9.84. The van der Waals surface area contributed by atoms with Crippen molar-refractivity contribution in [3.8, 4) is 0 Å². The number of carbonyl (C=O) groups is 1. The summed E-state index contributed by atoms with van der Waals surface area (Å²) in [5, 5.41) is 4.44. The van der Waals surface area contributed by atoms with Gasteiger partial charge in [0.25, 0.3) is 0 Å². The van der Waals surface area contributed by atoms with Crippen molar-refractivity contribution in [3.63, 3.8) is 0 Å². The Hall–Kier alpha value is -1.06. The first kappa shape index (κ1) is 17.8. The van der Waals surface area contributed by atoms with Crippen molar-refractivity contribution in [2.45, 2.75) is 72.3 Å². The van der Waals surface area contributed by atoms with E-state index in [9.17, 15) is 4.79 Å². The monoisotopic (exact) mass is 335 g/mol. The van der Waals surface area contributed by atoms with E-state index < -0.39 is 0 Å². The number of ether oxygens (including phenoxy) is 1. The Labute approximate surface area is 146 Å². The van der Waals surface area contributed by atoms with E-state index in [1.54, 1.807) is 0 Å². The third-order valence-electron chi connectivity index (χ3n) is 6.05. The maximum Gasteiger partial charge on any atom is 0.306 e. The van der Waals surface area contributed by atoms with Crippen LogP contribution in [0, 0.1) is 35.5 Å². The SMILES string of the molecule is CC(C)CCC1=NOC2C3CC(CCOC(=O)CC(C)C)C(C3)C12. The summed E-state index contributed by atoms with van der Waals surface area (Å²) in [5.41, 5.74) is 1.31. The van der Waals surface area contributed by atoms with Crippen molar-refractivity contribution in [2.24, 2.45) is 40.7 Å². The molecule has 0 saturated heterocycles. The molecular weight excluding hydrogens is 302 g/mol. The molecule has 0 aromatic heterocycles. The number of rotatable bonds is 8. The number of oxime groups is 1. The Morgan fingerprint density at radius 2 is 2.04 bits per heavy atom. The first-order chi connectivity index (χ1) is 11.5. The molecule has 2 aliphatic carbocycles. The summed E-state index contributed by atoms with van der Waals surface area (Å²) in [5.74, 6) is 3.61. The zero-order chi connectivity index (χ0) is 17.3. The second-order valence-electron chi connectivity index (χ2n) is 8.87. The van der Waals surface area contributed by atoms with Gasteiger partial charge in [0.15, 0.2) is 0 Å². The van der Waals surface area contributed by atoms with Gasteiger partial charge in [-0.05, 0) is 61.7 Å². The van der Waals surface area contributed by atoms with E-state index in [0.717, 1.165) is 12.8 Å². The number of esters is 1. The third kappa shape index (κ3) is 3.78. The van der Waals surface area contributed by atoms with Gasteiger partial charge in [-0.15, -0.1) is 0 Å². The summed E-state index contributed by atoms with van der Waals surface area (Å²) in [6.07, 6.45) is 6.66. The molecule has 4 heteroatoms. The minimum Gasteiger partial charge on any atom is -0.466 e. The maximum atomic E-state index is 11.7. The zero-order valence-corrected chi connectivity index (χ0v) is 15.7. The van der Waals surface area contributed by atoms with Crippen molar-refractivity contribution < 1.29 is 14.4 Å². The second kappa shape index (κ2) is 7.45. The summed E-state index contributed by atoms with van der Waals surface area (Å²) < 4.78 is 5.44. The summed E-state index contributed by atoms with van der Waals surface area (Å²) in [4.78, 5) is 17.5. The molecule has 5 atom stereocenters. The Morgan fingerprint density at radius 1 is 1.25 bits per heavy atom. The number of nitrogens with zero attached hydrogens (tertiary/aromatic N) is 1. The number of fused-ring (bicyclic) bond motifs is 5. The molecule has 24 heavy (non-hydrogen) atoms. The predicted octanol–water partition coefficient (Wildman–Crippen LogP) is 4.43. The minimum atomic E-state index is -0.0468. The summed E-state index contributed by atoms with van der Waals surface area (Å²) in [6, 6.07) is 0. The average Bonchev–Trinajstić information content (AvgIpc) is 3.15. The fourth-order valence-electron chi connectivity index (χ4n) is 4.92. The third-order valence-corrected chi connectivity index (χ3v) is 6.05. The summed E-state index contributed by atoms with van der Waals surface area (Å²) in [7, 11) is 0. The molecule has 3 aliphatic rings. The maximum absolute atomic E-state index is 11.7. The van der Waals surface area contributed by atoms with Crippen molar-refractivity contribution >= 4 is 11.7 Å². The molecule has 0 spiro atoms. The Morgan fingerprint density at radius 3 is 2.75 bits per heavy atom. The lowest BCUT2D eigenvalue weighted by molar-refractivity contribution is -0.145. The highest BCUT2D eigenvalue weighted by molar-refractivity contribution is 5.88. The van der Waals surface area contributed by atoms with Gasteiger partial charge in [0.1, 0.15) is 6.10 Å². The molecule has 0 aromatic carbocycles. The van der Waals surface area contributed by atoms with Gasteiger partial charge in [-0.25, -0.2) is 0 Å². The Bertz CT molecular complexity index is 485. The molecule has 4 nitrogen and oxygen atoms in total. The topological polar surface area (TPSA) is 47.9 Å². The van der Waals surface area contributed by atoms with E-state index in [1.165, 1.54) is 25.0 Å². The predicted molar refractivity (Wildman–Crippen MR) is 94.6 cm³/mol. The first-order valence-corrected chi connectivity index (χ1v) is 9.84. The van der Waals surface area contributed by atoms with Crippen LogP contribution in [0.2, 0.25) is 0 Å². The van der Waals surface area contributed by atoms with Crippen LogP contribution in [0.4, 0.5) is 0 Å². The molecule has 2 bridgehead atoms. The zero-order valence-electron chi connectivity index (χ0n) is 15.7. The van der Waals surface area contributed by atoms with Crippen LogP contribution in [-0.4, -0.2) is 24.4 Å². The van der Waals surface area contributed by atoms with Gasteiger partial charge in [0, 0.05) is 12.3 Å². The molecule has 5 unspecified atom stereocenters. The fraction of sp³-hybridized carbons (Fsp3) is 0.900. The number of hydrogen-bond acceptors (Lipinski definition) is 4. The Kier molecular flexibility index (Phi) is 5.51.